The van der Waals surface area contributed by atoms with Crippen molar-refractivity contribution in [1.82, 2.24) is 9.97 Å². The Kier molecular flexibility index (Phi) is 4.41. The van der Waals surface area contributed by atoms with Crippen LogP contribution >= 0.6 is 11.8 Å². The average Bonchev–Trinajstić information content (AvgIpc) is 2.44. The fraction of sp³-hybridized carbons (Fsp3) is 0.154. The summed E-state index contributed by atoms with van der Waals surface area (Å²) in [6.45, 7) is 0. The maximum atomic E-state index is 11.4. The number of nitrogens with zero attached hydrogens (tertiary/aromatic N) is 1. The van der Waals surface area contributed by atoms with Gasteiger partial charge < -0.3 is 15.8 Å². The number of nitrogen functional groups attached to an aromatic ring is 1. The van der Waals surface area contributed by atoms with Gasteiger partial charge in [-0.2, -0.15) is 0 Å². The summed E-state index contributed by atoms with van der Waals surface area (Å²) >= 11 is 0.977. The molecule has 1 unspecified atom stereocenters. The minimum absolute atomic E-state index is 0.0585. The Morgan fingerprint density at radius 2 is 2.10 bits per heavy atom. The second-order valence-electron chi connectivity index (χ2n) is 4.08. The molecule has 2 aromatic rings. The zero-order valence-corrected chi connectivity index (χ0v) is 11.3. The predicted octanol–water partition coefficient (Wildman–Crippen LogP) is 1.14. The zero-order chi connectivity index (χ0) is 14.5. The van der Waals surface area contributed by atoms with E-state index in [4.69, 9.17) is 5.73 Å². The summed E-state index contributed by atoms with van der Waals surface area (Å²) in [4.78, 5) is 29.0. The molecule has 0 aliphatic carbocycles. The van der Waals surface area contributed by atoms with Gasteiger partial charge in [-0.05, 0) is 12.0 Å². The van der Waals surface area contributed by atoms with Gasteiger partial charge in [0.2, 0.25) is 0 Å². The van der Waals surface area contributed by atoms with E-state index in [-0.39, 0.29) is 10.7 Å². The maximum absolute atomic E-state index is 11.4. The number of aromatic amines is 1. The van der Waals surface area contributed by atoms with Crippen LogP contribution in [0.5, 0.6) is 0 Å². The first-order chi connectivity index (χ1) is 9.58. The van der Waals surface area contributed by atoms with Crippen molar-refractivity contribution in [2.45, 2.75) is 16.7 Å². The van der Waals surface area contributed by atoms with E-state index in [1.165, 1.54) is 6.33 Å². The summed E-state index contributed by atoms with van der Waals surface area (Å²) in [5, 5.41) is 8.76. The molecule has 1 atom stereocenters. The minimum atomic E-state index is -0.972. The number of hydrogen-bond donors (Lipinski definition) is 3. The van der Waals surface area contributed by atoms with E-state index in [0.29, 0.717) is 6.42 Å². The van der Waals surface area contributed by atoms with Crippen molar-refractivity contribution in [2.24, 2.45) is 0 Å². The largest absolute Gasteiger partial charge is 0.480 e. The first-order valence-electron chi connectivity index (χ1n) is 5.84. The summed E-state index contributed by atoms with van der Waals surface area (Å²) in [6, 6.07) is 9.26. The highest BCUT2D eigenvalue weighted by molar-refractivity contribution is 8.00. The second-order valence-corrected chi connectivity index (χ2v) is 5.28. The number of rotatable bonds is 5. The first kappa shape index (κ1) is 14.1. The molecule has 0 aliphatic heterocycles. The van der Waals surface area contributed by atoms with Crippen LogP contribution < -0.4 is 11.3 Å². The van der Waals surface area contributed by atoms with E-state index < -0.39 is 16.8 Å². The van der Waals surface area contributed by atoms with Gasteiger partial charge in [-0.25, -0.2) is 4.98 Å². The summed E-state index contributed by atoms with van der Waals surface area (Å²) < 4.78 is 0. The molecule has 0 radical (unpaired) electrons. The standard InChI is InChI=1S/C13H13N3O3S/c14-10-11(17)15-7-16-12(10)20-9(13(18)19)6-8-4-2-1-3-5-8/h1-5,7,9H,6,14H2,(H,18,19)(H,15,16,17). The number of hydrogen-bond acceptors (Lipinski definition) is 5. The third-order valence-electron chi connectivity index (χ3n) is 2.65. The van der Waals surface area contributed by atoms with Gasteiger partial charge in [-0.1, -0.05) is 42.1 Å². The number of benzene rings is 1. The van der Waals surface area contributed by atoms with Crippen LogP contribution in [0.15, 0.2) is 46.5 Å². The molecule has 1 aromatic heterocycles. The van der Waals surface area contributed by atoms with Gasteiger partial charge >= 0.3 is 5.97 Å². The molecule has 2 rings (SSSR count). The lowest BCUT2D eigenvalue weighted by molar-refractivity contribution is -0.136. The number of thioether (sulfide) groups is 1. The molecule has 20 heavy (non-hydrogen) atoms. The number of aromatic nitrogens is 2. The molecule has 1 aromatic carbocycles. The smallest absolute Gasteiger partial charge is 0.317 e. The van der Waals surface area contributed by atoms with Gasteiger partial charge in [0, 0.05) is 0 Å². The monoisotopic (exact) mass is 291 g/mol. The number of anilines is 1. The van der Waals surface area contributed by atoms with Gasteiger partial charge in [-0.15, -0.1) is 0 Å². The second kappa shape index (κ2) is 6.25. The molecule has 1 heterocycles. The molecule has 0 saturated heterocycles. The molecule has 0 amide bonds. The third-order valence-corrected chi connectivity index (χ3v) is 3.85. The Morgan fingerprint density at radius 3 is 2.75 bits per heavy atom. The SMILES string of the molecule is Nc1c(SC(Cc2ccccc2)C(=O)O)nc[nH]c1=O. The number of carboxylic acids is 1. The Hall–Kier alpha value is -2.28. The predicted molar refractivity (Wildman–Crippen MR) is 76.7 cm³/mol. The van der Waals surface area contributed by atoms with Gasteiger partial charge in [0.15, 0.2) is 0 Å². The van der Waals surface area contributed by atoms with Crippen LogP contribution in [-0.4, -0.2) is 26.3 Å². The van der Waals surface area contributed by atoms with Crippen molar-refractivity contribution in [3.05, 3.63) is 52.6 Å². The molecule has 0 saturated carbocycles. The summed E-state index contributed by atoms with van der Waals surface area (Å²) in [7, 11) is 0. The maximum Gasteiger partial charge on any atom is 0.317 e. The summed E-state index contributed by atoms with van der Waals surface area (Å²) in [5.74, 6) is -0.972. The lowest BCUT2D eigenvalue weighted by Gasteiger charge is -2.12. The molecule has 0 fully saturated rings. The summed E-state index contributed by atoms with van der Waals surface area (Å²) in [5.41, 5.74) is 5.98. The van der Waals surface area contributed by atoms with Crippen LogP contribution in [0.25, 0.3) is 0 Å². The molecule has 104 valence electrons. The number of carboxylic acid groups (broad SMARTS) is 1. The minimum Gasteiger partial charge on any atom is -0.480 e. The molecule has 4 N–H and O–H groups in total. The molecule has 0 spiro atoms. The highest BCUT2D eigenvalue weighted by Crippen LogP contribution is 2.26. The van der Waals surface area contributed by atoms with Crippen LogP contribution in [0.1, 0.15) is 5.56 Å². The highest BCUT2D eigenvalue weighted by atomic mass is 32.2. The van der Waals surface area contributed by atoms with Gasteiger partial charge in [0.1, 0.15) is 16.0 Å². The topological polar surface area (TPSA) is 109 Å². The number of aliphatic carboxylic acids is 1. The van der Waals surface area contributed by atoms with Crippen LogP contribution in [0.4, 0.5) is 5.69 Å². The van der Waals surface area contributed by atoms with Crippen molar-refractivity contribution in [1.29, 1.82) is 0 Å². The highest BCUT2D eigenvalue weighted by Gasteiger charge is 2.22. The van der Waals surface area contributed by atoms with E-state index in [9.17, 15) is 14.7 Å². The zero-order valence-electron chi connectivity index (χ0n) is 10.4. The molecular formula is C13H13N3O3S. The Balaban J connectivity index is 2.20. The van der Waals surface area contributed by atoms with Crippen molar-refractivity contribution in [2.75, 3.05) is 5.73 Å². The van der Waals surface area contributed by atoms with E-state index in [2.05, 4.69) is 9.97 Å². The quantitative estimate of drug-likeness (QED) is 0.563. The van der Waals surface area contributed by atoms with E-state index in [0.717, 1.165) is 17.3 Å². The van der Waals surface area contributed by atoms with Crippen molar-refractivity contribution >= 4 is 23.4 Å². The normalized spacial score (nSPS) is 12.0. The third kappa shape index (κ3) is 3.39. The van der Waals surface area contributed by atoms with E-state index >= 15 is 0 Å². The lowest BCUT2D eigenvalue weighted by Crippen LogP contribution is -2.21. The molecule has 7 heteroatoms. The fourth-order valence-electron chi connectivity index (χ4n) is 1.63. The molecular weight excluding hydrogens is 278 g/mol. The van der Waals surface area contributed by atoms with Gasteiger partial charge in [-0.3, -0.25) is 9.59 Å². The van der Waals surface area contributed by atoms with Gasteiger partial charge in [0.25, 0.3) is 5.56 Å². The van der Waals surface area contributed by atoms with Crippen LogP contribution in [0, 0.1) is 0 Å². The molecule has 0 bridgehead atoms. The Morgan fingerprint density at radius 1 is 1.40 bits per heavy atom. The fourth-order valence-corrected chi connectivity index (χ4v) is 2.61. The van der Waals surface area contributed by atoms with Crippen LogP contribution in [0.2, 0.25) is 0 Å². The average molecular weight is 291 g/mol. The Bertz CT molecular complexity index is 657. The molecule has 6 nitrogen and oxygen atoms in total. The van der Waals surface area contributed by atoms with Crippen molar-refractivity contribution in [3.63, 3.8) is 0 Å². The number of nitrogens with one attached hydrogen (secondary N) is 1. The van der Waals surface area contributed by atoms with E-state index in [1.807, 2.05) is 30.3 Å². The lowest BCUT2D eigenvalue weighted by atomic mass is 10.1. The number of carbonyl (C=O) groups is 1. The van der Waals surface area contributed by atoms with E-state index in [1.54, 1.807) is 0 Å². The number of nitrogens with two attached hydrogens (primary N) is 1. The molecule has 0 aliphatic rings. The van der Waals surface area contributed by atoms with Gasteiger partial charge in [0.05, 0.1) is 6.33 Å². The number of H-pyrrole nitrogens is 1. The van der Waals surface area contributed by atoms with Crippen molar-refractivity contribution < 1.29 is 9.90 Å². The van der Waals surface area contributed by atoms with Crippen LogP contribution in [-0.2, 0) is 11.2 Å². The van der Waals surface area contributed by atoms with Crippen molar-refractivity contribution in [3.8, 4) is 0 Å². The first-order valence-corrected chi connectivity index (χ1v) is 6.72. The Labute approximate surface area is 119 Å². The summed E-state index contributed by atoms with van der Waals surface area (Å²) in [6.07, 6.45) is 1.54. The van der Waals surface area contributed by atoms with Crippen LogP contribution in [0.3, 0.4) is 0 Å².